The molecule has 3 N–H and O–H groups in total. The maximum Gasteiger partial charge on any atom is 0.253 e. The fourth-order valence-electron chi connectivity index (χ4n) is 2.09. The minimum Gasteiger partial charge on any atom is -0.399 e. The number of fused-ring (bicyclic) bond motifs is 1. The monoisotopic (exact) mass is 278 g/mol. The van der Waals surface area contributed by atoms with Crippen LogP contribution in [-0.2, 0) is 6.54 Å². The van der Waals surface area contributed by atoms with Gasteiger partial charge in [-0.2, -0.15) is 0 Å². The van der Waals surface area contributed by atoms with Crippen molar-refractivity contribution in [3.63, 3.8) is 0 Å². The van der Waals surface area contributed by atoms with Gasteiger partial charge in [0.15, 0.2) is 0 Å². The van der Waals surface area contributed by atoms with Crippen LogP contribution in [0.5, 0.6) is 0 Å². The second-order valence-electron chi connectivity index (χ2n) is 4.65. The molecule has 0 aliphatic carbocycles. The van der Waals surface area contributed by atoms with Crippen LogP contribution in [0.15, 0.2) is 54.9 Å². The molecule has 0 aliphatic rings. The molecule has 0 aliphatic heterocycles. The second kappa shape index (κ2) is 5.58. The van der Waals surface area contributed by atoms with Gasteiger partial charge < -0.3 is 11.1 Å². The molecule has 0 unspecified atom stereocenters. The highest BCUT2D eigenvalue weighted by atomic mass is 16.1. The van der Waals surface area contributed by atoms with Crippen LogP contribution in [0, 0.1) is 0 Å². The predicted molar refractivity (Wildman–Crippen MR) is 81.6 cm³/mol. The van der Waals surface area contributed by atoms with Crippen molar-refractivity contribution in [1.29, 1.82) is 0 Å². The lowest BCUT2D eigenvalue weighted by atomic mass is 10.1. The molecule has 0 radical (unpaired) electrons. The van der Waals surface area contributed by atoms with E-state index in [4.69, 9.17) is 5.73 Å². The molecular weight excluding hydrogens is 264 g/mol. The molecule has 5 nitrogen and oxygen atoms in total. The molecule has 0 saturated carbocycles. The zero-order valence-electron chi connectivity index (χ0n) is 11.3. The lowest BCUT2D eigenvalue weighted by Crippen LogP contribution is -2.23. The maximum atomic E-state index is 12.3. The number of hydrogen-bond acceptors (Lipinski definition) is 4. The van der Waals surface area contributed by atoms with Gasteiger partial charge in [-0.1, -0.05) is 18.2 Å². The van der Waals surface area contributed by atoms with Crippen molar-refractivity contribution in [3.05, 3.63) is 66.0 Å². The van der Waals surface area contributed by atoms with Gasteiger partial charge >= 0.3 is 0 Å². The van der Waals surface area contributed by atoms with E-state index in [9.17, 15) is 4.79 Å². The molecule has 104 valence electrons. The Hall–Kier alpha value is -2.95. The first kappa shape index (κ1) is 13.1. The van der Waals surface area contributed by atoms with Gasteiger partial charge in [0.05, 0.1) is 11.1 Å². The van der Waals surface area contributed by atoms with Crippen molar-refractivity contribution < 1.29 is 4.79 Å². The number of anilines is 1. The summed E-state index contributed by atoms with van der Waals surface area (Å²) < 4.78 is 0. The number of aromatic nitrogens is 2. The number of nitrogens with zero attached hydrogens (tertiary/aromatic N) is 2. The molecule has 5 heteroatoms. The quantitative estimate of drug-likeness (QED) is 0.719. The van der Waals surface area contributed by atoms with Crippen LogP contribution in [0.2, 0.25) is 0 Å². The molecule has 3 rings (SSSR count). The Bertz CT molecular complexity index is 778. The molecule has 0 spiro atoms. The minimum absolute atomic E-state index is 0.169. The van der Waals surface area contributed by atoms with Crippen molar-refractivity contribution in [2.45, 2.75) is 6.54 Å². The van der Waals surface area contributed by atoms with Gasteiger partial charge in [-0.15, -0.1) is 0 Å². The molecule has 1 heterocycles. The molecular formula is C16H14N4O. The molecule has 1 aromatic heterocycles. The Labute approximate surface area is 121 Å². The van der Waals surface area contributed by atoms with E-state index in [2.05, 4.69) is 15.3 Å². The number of hydrogen-bond donors (Lipinski definition) is 2. The summed E-state index contributed by atoms with van der Waals surface area (Å²) in [5, 5.41) is 2.88. The molecule has 0 fully saturated rings. The van der Waals surface area contributed by atoms with Gasteiger partial charge in [0, 0.05) is 24.6 Å². The number of para-hydroxylation sites is 1. The van der Waals surface area contributed by atoms with Gasteiger partial charge in [0.25, 0.3) is 5.91 Å². The van der Waals surface area contributed by atoms with E-state index in [1.165, 1.54) is 0 Å². The van der Waals surface area contributed by atoms with Crippen LogP contribution in [0.3, 0.4) is 0 Å². The Kier molecular flexibility index (Phi) is 3.47. The van der Waals surface area contributed by atoms with E-state index in [-0.39, 0.29) is 5.91 Å². The van der Waals surface area contributed by atoms with Crippen molar-refractivity contribution in [2.75, 3.05) is 5.73 Å². The standard InChI is InChI=1S/C16H14N4O/c17-12-6-4-11(5-7-12)10-20-16(21)13-2-1-3-14-15(13)19-9-8-18-14/h1-9H,10,17H2,(H,20,21). The predicted octanol–water partition coefficient (Wildman–Crippen LogP) is 2.14. The van der Waals surface area contributed by atoms with Gasteiger partial charge in [0.2, 0.25) is 0 Å². The first-order valence-electron chi connectivity index (χ1n) is 6.56. The van der Waals surface area contributed by atoms with Crippen molar-refractivity contribution in [2.24, 2.45) is 0 Å². The molecule has 0 saturated heterocycles. The van der Waals surface area contributed by atoms with Crippen molar-refractivity contribution in [1.82, 2.24) is 15.3 Å². The third-order valence-electron chi connectivity index (χ3n) is 3.18. The number of nitrogens with two attached hydrogens (primary N) is 1. The van der Waals surface area contributed by atoms with Gasteiger partial charge in [-0.05, 0) is 29.8 Å². The van der Waals surface area contributed by atoms with E-state index in [0.29, 0.717) is 28.8 Å². The fourth-order valence-corrected chi connectivity index (χ4v) is 2.09. The van der Waals surface area contributed by atoms with E-state index >= 15 is 0 Å². The third-order valence-corrected chi connectivity index (χ3v) is 3.18. The highest BCUT2D eigenvalue weighted by Gasteiger charge is 2.10. The summed E-state index contributed by atoms with van der Waals surface area (Å²) in [6.45, 7) is 0.440. The highest BCUT2D eigenvalue weighted by Crippen LogP contribution is 2.14. The first-order chi connectivity index (χ1) is 10.2. The number of carbonyl (C=O) groups excluding carboxylic acids is 1. The molecule has 0 atom stereocenters. The van der Waals surface area contributed by atoms with E-state index in [1.54, 1.807) is 24.5 Å². The van der Waals surface area contributed by atoms with Gasteiger partial charge in [-0.3, -0.25) is 14.8 Å². The Morgan fingerprint density at radius 1 is 1.05 bits per heavy atom. The molecule has 3 aromatic rings. The Balaban J connectivity index is 1.79. The third kappa shape index (κ3) is 2.81. The average Bonchev–Trinajstić information content (AvgIpc) is 2.53. The van der Waals surface area contributed by atoms with E-state index in [0.717, 1.165) is 5.56 Å². The summed E-state index contributed by atoms with van der Waals surface area (Å²) >= 11 is 0. The summed E-state index contributed by atoms with van der Waals surface area (Å²) in [5.74, 6) is -0.169. The van der Waals surface area contributed by atoms with Crippen LogP contribution >= 0.6 is 0 Å². The fraction of sp³-hybridized carbons (Fsp3) is 0.0625. The van der Waals surface area contributed by atoms with E-state index < -0.39 is 0 Å². The van der Waals surface area contributed by atoms with Crippen LogP contribution in [0.1, 0.15) is 15.9 Å². The molecule has 1 amide bonds. The SMILES string of the molecule is Nc1ccc(CNC(=O)c2cccc3nccnc23)cc1. The Morgan fingerprint density at radius 2 is 1.81 bits per heavy atom. The van der Waals surface area contributed by atoms with Crippen LogP contribution in [-0.4, -0.2) is 15.9 Å². The number of rotatable bonds is 3. The largest absolute Gasteiger partial charge is 0.399 e. The number of nitrogens with one attached hydrogen (secondary N) is 1. The average molecular weight is 278 g/mol. The zero-order valence-corrected chi connectivity index (χ0v) is 11.3. The highest BCUT2D eigenvalue weighted by molar-refractivity contribution is 6.04. The van der Waals surface area contributed by atoms with Gasteiger partial charge in [-0.25, -0.2) is 0 Å². The van der Waals surface area contributed by atoms with Crippen LogP contribution in [0.4, 0.5) is 5.69 Å². The summed E-state index contributed by atoms with van der Waals surface area (Å²) in [6, 6.07) is 12.8. The lowest BCUT2D eigenvalue weighted by molar-refractivity contribution is 0.0952. The van der Waals surface area contributed by atoms with Crippen molar-refractivity contribution in [3.8, 4) is 0 Å². The molecule has 0 bridgehead atoms. The second-order valence-corrected chi connectivity index (χ2v) is 4.65. The molecule has 21 heavy (non-hydrogen) atoms. The summed E-state index contributed by atoms with van der Waals surface area (Å²) in [7, 11) is 0. The summed E-state index contributed by atoms with van der Waals surface area (Å²) in [4.78, 5) is 20.7. The molecule has 2 aromatic carbocycles. The topological polar surface area (TPSA) is 80.9 Å². The minimum atomic E-state index is -0.169. The number of amides is 1. The summed E-state index contributed by atoms with van der Waals surface area (Å²) in [5.41, 5.74) is 9.16. The zero-order chi connectivity index (χ0) is 14.7. The maximum absolute atomic E-state index is 12.3. The smallest absolute Gasteiger partial charge is 0.253 e. The van der Waals surface area contributed by atoms with Gasteiger partial charge in [0.1, 0.15) is 5.52 Å². The lowest BCUT2D eigenvalue weighted by Gasteiger charge is -2.07. The van der Waals surface area contributed by atoms with Crippen molar-refractivity contribution >= 4 is 22.6 Å². The van der Waals surface area contributed by atoms with E-state index in [1.807, 2.05) is 30.3 Å². The normalized spacial score (nSPS) is 10.5. The van der Waals surface area contributed by atoms with Crippen LogP contribution in [0.25, 0.3) is 11.0 Å². The number of carbonyl (C=O) groups is 1. The number of benzene rings is 2. The summed E-state index contributed by atoms with van der Waals surface area (Å²) in [6.07, 6.45) is 3.19. The first-order valence-corrected chi connectivity index (χ1v) is 6.56. The Morgan fingerprint density at radius 3 is 2.62 bits per heavy atom. The van der Waals surface area contributed by atoms with Crippen LogP contribution < -0.4 is 11.1 Å². The number of nitrogen functional groups attached to an aromatic ring is 1.